The molecule has 1 aliphatic rings. The van der Waals surface area contributed by atoms with Gasteiger partial charge in [0.1, 0.15) is 6.10 Å². The minimum atomic E-state index is -0.286. The normalized spacial score (nSPS) is 25.5. The van der Waals surface area contributed by atoms with Crippen molar-refractivity contribution in [1.29, 1.82) is 0 Å². The second kappa shape index (κ2) is 3.50. The minimum absolute atomic E-state index is 0.0805. The molecule has 1 saturated heterocycles. The molecule has 1 fully saturated rings. The van der Waals surface area contributed by atoms with Crippen LogP contribution in [0.4, 0.5) is 0 Å². The monoisotopic (exact) mass is 184 g/mol. The Kier molecular flexibility index (Phi) is 2.76. The molecule has 74 valence electrons. The van der Waals surface area contributed by atoms with Gasteiger partial charge in [0.2, 0.25) is 0 Å². The summed E-state index contributed by atoms with van der Waals surface area (Å²) in [6.45, 7) is 8.09. The Bertz CT molecular complexity index is 241. The predicted molar refractivity (Wildman–Crippen MR) is 49.3 cm³/mol. The van der Waals surface area contributed by atoms with Crippen LogP contribution < -0.4 is 0 Å². The number of hydrogen-bond acceptors (Lipinski definition) is 3. The fourth-order valence-electron chi connectivity index (χ4n) is 1.36. The number of carbonyl (C=O) groups is 1. The largest absolute Gasteiger partial charge is 0.463 e. The maximum Gasteiger partial charge on any atom is 0.330 e. The fraction of sp³-hybridized carbons (Fsp3) is 0.700. The molecule has 0 N–H and O–H groups in total. The number of carbonyl (C=O) groups excluding carboxylic acids is 1. The molecule has 3 nitrogen and oxygen atoms in total. The molecule has 1 aliphatic heterocycles. The summed E-state index contributed by atoms with van der Waals surface area (Å²) in [6, 6.07) is 0. The molecular formula is C10H16O3. The average molecular weight is 184 g/mol. The number of hydrogen-bond donors (Lipinski definition) is 0. The van der Waals surface area contributed by atoms with Crippen LogP contribution in [0, 0.1) is 0 Å². The van der Waals surface area contributed by atoms with Crippen molar-refractivity contribution in [2.24, 2.45) is 0 Å². The smallest absolute Gasteiger partial charge is 0.330 e. The van der Waals surface area contributed by atoms with E-state index in [0.717, 1.165) is 5.57 Å². The molecular weight excluding hydrogens is 168 g/mol. The lowest BCUT2D eigenvalue weighted by molar-refractivity contribution is -0.137. The third-order valence-electron chi connectivity index (χ3n) is 2.04. The number of ether oxygens (including phenoxy) is 2. The summed E-state index contributed by atoms with van der Waals surface area (Å²) in [7, 11) is 0. The molecule has 13 heavy (non-hydrogen) atoms. The summed E-state index contributed by atoms with van der Waals surface area (Å²) in [5.74, 6) is -0.286. The molecule has 0 amide bonds. The van der Waals surface area contributed by atoms with E-state index < -0.39 is 0 Å². The van der Waals surface area contributed by atoms with E-state index in [9.17, 15) is 4.79 Å². The average Bonchev–Trinajstić information content (AvgIpc) is 2.60. The van der Waals surface area contributed by atoms with E-state index in [1.54, 1.807) is 6.92 Å². The first-order valence-corrected chi connectivity index (χ1v) is 4.50. The van der Waals surface area contributed by atoms with Crippen molar-refractivity contribution >= 4 is 5.97 Å². The Morgan fingerprint density at radius 1 is 1.62 bits per heavy atom. The van der Waals surface area contributed by atoms with Gasteiger partial charge in [0.05, 0.1) is 12.2 Å². The van der Waals surface area contributed by atoms with Crippen LogP contribution in [0.25, 0.3) is 0 Å². The van der Waals surface area contributed by atoms with Gasteiger partial charge in [0, 0.05) is 6.08 Å². The standard InChI is InChI=1S/C10H16O3/c1-5-12-8(11)6-7(2)9-10(3,4)13-9/h6,9H,5H2,1-4H3/b7-6+. The predicted octanol–water partition coefficient (Wildman–Crippen LogP) is 1.67. The zero-order valence-corrected chi connectivity index (χ0v) is 8.59. The van der Waals surface area contributed by atoms with E-state index in [0.29, 0.717) is 6.61 Å². The van der Waals surface area contributed by atoms with E-state index in [4.69, 9.17) is 9.47 Å². The summed E-state index contributed by atoms with van der Waals surface area (Å²) in [6.07, 6.45) is 1.58. The summed E-state index contributed by atoms with van der Waals surface area (Å²) in [5.41, 5.74) is 0.830. The molecule has 0 aliphatic carbocycles. The van der Waals surface area contributed by atoms with Crippen LogP contribution in [0.5, 0.6) is 0 Å². The van der Waals surface area contributed by atoms with Gasteiger partial charge in [0.15, 0.2) is 0 Å². The summed E-state index contributed by atoms with van der Waals surface area (Å²) < 4.78 is 10.2. The highest BCUT2D eigenvalue weighted by atomic mass is 16.6. The van der Waals surface area contributed by atoms with Gasteiger partial charge in [-0.3, -0.25) is 0 Å². The van der Waals surface area contributed by atoms with Crippen LogP contribution in [0.3, 0.4) is 0 Å². The molecule has 0 bridgehead atoms. The first-order chi connectivity index (χ1) is 5.97. The van der Waals surface area contributed by atoms with Crippen molar-refractivity contribution in [1.82, 2.24) is 0 Å². The topological polar surface area (TPSA) is 38.8 Å². The van der Waals surface area contributed by atoms with Crippen molar-refractivity contribution in [2.45, 2.75) is 39.4 Å². The molecule has 0 saturated carbocycles. The van der Waals surface area contributed by atoms with Crippen LogP contribution in [-0.4, -0.2) is 24.3 Å². The molecule has 1 atom stereocenters. The highest BCUT2D eigenvalue weighted by molar-refractivity contribution is 5.83. The van der Waals surface area contributed by atoms with Gasteiger partial charge < -0.3 is 9.47 Å². The Balaban J connectivity index is 2.48. The van der Waals surface area contributed by atoms with Crippen LogP contribution in [0.2, 0.25) is 0 Å². The summed E-state index contributed by atoms with van der Waals surface area (Å²) in [4.78, 5) is 11.0. The lowest BCUT2D eigenvalue weighted by atomic mass is 10.0. The number of esters is 1. The van der Waals surface area contributed by atoms with E-state index in [1.807, 2.05) is 20.8 Å². The molecule has 1 heterocycles. The number of epoxide rings is 1. The maximum absolute atomic E-state index is 11.0. The second-order valence-corrected chi connectivity index (χ2v) is 3.74. The number of rotatable bonds is 3. The van der Waals surface area contributed by atoms with E-state index in [-0.39, 0.29) is 17.7 Å². The Morgan fingerprint density at radius 2 is 2.15 bits per heavy atom. The first kappa shape index (κ1) is 10.3. The van der Waals surface area contributed by atoms with Gasteiger partial charge in [-0.2, -0.15) is 0 Å². The Morgan fingerprint density at radius 3 is 2.54 bits per heavy atom. The summed E-state index contributed by atoms with van der Waals surface area (Å²) >= 11 is 0. The van der Waals surface area contributed by atoms with Crippen molar-refractivity contribution < 1.29 is 14.3 Å². The summed E-state index contributed by atoms with van der Waals surface area (Å²) in [5, 5.41) is 0. The molecule has 1 rings (SSSR count). The van der Waals surface area contributed by atoms with E-state index in [1.165, 1.54) is 6.08 Å². The molecule has 0 aromatic carbocycles. The quantitative estimate of drug-likeness (QED) is 0.380. The van der Waals surface area contributed by atoms with Crippen LogP contribution in [-0.2, 0) is 14.3 Å². The molecule has 0 spiro atoms. The van der Waals surface area contributed by atoms with Crippen LogP contribution >= 0.6 is 0 Å². The highest BCUT2D eigenvalue weighted by Gasteiger charge is 2.48. The molecule has 0 radical (unpaired) electrons. The highest BCUT2D eigenvalue weighted by Crippen LogP contribution is 2.39. The fourth-order valence-corrected chi connectivity index (χ4v) is 1.36. The first-order valence-electron chi connectivity index (χ1n) is 4.50. The van der Waals surface area contributed by atoms with Gasteiger partial charge in [0.25, 0.3) is 0 Å². The van der Waals surface area contributed by atoms with Gasteiger partial charge in [-0.15, -0.1) is 0 Å². The van der Waals surface area contributed by atoms with Gasteiger partial charge in [-0.25, -0.2) is 4.79 Å². The van der Waals surface area contributed by atoms with Crippen LogP contribution in [0.1, 0.15) is 27.7 Å². The molecule has 0 aromatic heterocycles. The zero-order chi connectivity index (χ0) is 10.1. The van der Waals surface area contributed by atoms with Gasteiger partial charge >= 0.3 is 5.97 Å². The SMILES string of the molecule is CCOC(=O)/C=C(\C)C1OC1(C)C. The zero-order valence-electron chi connectivity index (χ0n) is 8.59. The minimum Gasteiger partial charge on any atom is -0.463 e. The van der Waals surface area contributed by atoms with Crippen LogP contribution in [0.15, 0.2) is 11.6 Å². The van der Waals surface area contributed by atoms with E-state index >= 15 is 0 Å². The van der Waals surface area contributed by atoms with Crippen molar-refractivity contribution in [2.75, 3.05) is 6.61 Å². The van der Waals surface area contributed by atoms with Crippen molar-refractivity contribution in [3.05, 3.63) is 11.6 Å². The third kappa shape index (κ3) is 2.56. The third-order valence-corrected chi connectivity index (χ3v) is 2.04. The maximum atomic E-state index is 11.0. The molecule has 1 unspecified atom stereocenters. The molecule has 0 aromatic rings. The lowest BCUT2D eigenvalue weighted by Gasteiger charge is -1.98. The molecule has 3 heteroatoms. The van der Waals surface area contributed by atoms with Crippen molar-refractivity contribution in [3.8, 4) is 0 Å². The van der Waals surface area contributed by atoms with Gasteiger partial charge in [-0.1, -0.05) is 0 Å². The van der Waals surface area contributed by atoms with Crippen molar-refractivity contribution in [3.63, 3.8) is 0 Å². The van der Waals surface area contributed by atoms with Gasteiger partial charge in [-0.05, 0) is 33.3 Å². The lowest BCUT2D eigenvalue weighted by Crippen LogP contribution is -2.07. The van der Waals surface area contributed by atoms with E-state index in [2.05, 4.69) is 0 Å². The second-order valence-electron chi connectivity index (χ2n) is 3.74. The Labute approximate surface area is 78.7 Å². The Hall–Kier alpha value is -0.830.